The number of carbonyl (C=O) groups is 1. The van der Waals surface area contributed by atoms with Gasteiger partial charge in [0.1, 0.15) is 11.4 Å². The SMILES string of the molecule is CCOc1ccc(-n2nc(C(=O)[O-])cc2-c2ccccc2)cc1. The van der Waals surface area contributed by atoms with E-state index in [4.69, 9.17) is 4.74 Å². The Labute approximate surface area is 133 Å². The molecule has 0 unspecified atom stereocenters. The number of benzene rings is 2. The zero-order valence-electron chi connectivity index (χ0n) is 12.6. The molecular formula is C18H15N2O3-. The Balaban J connectivity index is 2.08. The normalized spacial score (nSPS) is 10.5. The predicted molar refractivity (Wildman–Crippen MR) is 84.5 cm³/mol. The molecule has 0 bridgehead atoms. The van der Waals surface area contributed by atoms with Gasteiger partial charge >= 0.3 is 0 Å². The number of aromatic nitrogens is 2. The Morgan fingerprint density at radius 3 is 2.43 bits per heavy atom. The van der Waals surface area contributed by atoms with Crippen molar-refractivity contribution in [3.05, 3.63) is 66.4 Å². The van der Waals surface area contributed by atoms with Crippen LogP contribution in [0.5, 0.6) is 5.75 Å². The molecule has 0 fully saturated rings. The van der Waals surface area contributed by atoms with Gasteiger partial charge in [0.15, 0.2) is 0 Å². The van der Waals surface area contributed by atoms with E-state index < -0.39 is 5.97 Å². The minimum Gasteiger partial charge on any atom is -0.543 e. The van der Waals surface area contributed by atoms with Gasteiger partial charge in [-0.15, -0.1) is 0 Å². The third kappa shape index (κ3) is 3.08. The third-order valence-electron chi connectivity index (χ3n) is 3.38. The fourth-order valence-corrected chi connectivity index (χ4v) is 2.34. The first-order chi connectivity index (χ1) is 11.2. The number of hydrogen-bond acceptors (Lipinski definition) is 4. The second kappa shape index (κ2) is 6.36. The van der Waals surface area contributed by atoms with Gasteiger partial charge in [0, 0.05) is 5.56 Å². The topological polar surface area (TPSA) is 67.2 Å². The van der Waals surface area contributed by atoms with Crippen LogP contribution in [0.2, 0.25) is 0 Å². The molecule has 0 spiro atoms. The maximum atomic E-state index is 11.2. The Kier molecular flexibility index (Phi) is 4.10. The fraction of sp³-hybridized carbons (Fsp3) is 0.111. The number of ether oxygens (including phenoxy) is 1. The van der Waals surface area contributed by atoms with E-state index in [-0.39, 0.29) is 5.69 Å². The summed E-state index contributed by atoms with van der Waals surface area (Å²) in [6, 6.07) is 18.3. The molecule has 0 saturated heterocycles. The first-order valence-electron chi connectivity index (χ1n) is 7.29. The average Bonchev–Trinajstić information content (AvgIpc) is 3.02. The summed E-state index contributed by atoms with van der Waals surface area (Å²) in [6.07, 6.45) is 0. The molecule has 3 aromatic rings. The molecule has 5 heteroatoms. The molecule has 0 aliphatic rings. The van der Waals surface area contributed by atoms with E-state index in [1.165, 1.54) is 6.07 Å². The van der Waals surface area contributed by atoms with Crippen LogP contribution in [0.25, 0.3) is 16.9 Å². The van der Waals surface area contributed by atoms with E-state index in [1.54, 1.807) is 4.68 Å². The molecule has 0 aliphatic heterocycles. The molecule has 0 saturated carbocycles. The number of carbonyl (C=O) groups excluding carboxylic acids is 1. The number of carboxylic acid groups (broad SMARTS) is 1. The predicted octanol–water partition coefficient (Wildman–Crippen LogP) is 2.30. The largest absolute Gasteiger partial charge is 0.543 e. The van der Waals surface area contributed by atoms with Crippen LogP contribution in [0.4, 0.5) is 0 Å². The van der Waals surface area contributed by atoms with Crippen LogP contribution >= 0.6 is 0 Å². The van der Waals surface area contributed by atoms with Crippen molar-refractivity contribution < 1.29 is 14.6 Å². The van der Waals surface area contributed by atoms with Gasteiger partial charge in [0.2, 0.25) is 0 Å². The van der Waals surface area contributed by atoms with Gasteiger partial charge in [-0.1, -0.05) is 30.3 Å². The Morgan fingerprint density at radius 1 is 1.13 bits per heavy atom. The van der Waals surface area contributed by atoms with Gasteiger partial charge < -0.3 is 14.6 Å². The molecule has 0 aliphatic carbocycles. The van der Waals surface area contributed by atoms with Gasteiger partial charge in [0.25, 0.3) is 0 Å². The van der Waals surface area contributed by atoms with E-state index in [9.17, 15) is 9.90 Å². The Morgan fingerprint density at radius 2 is 1.83 bits per heavy atom. The number of nitrogens with zero attached hydrogens (tertiary/aromatic N) is 2. The third-order valence-corrected chi connectivity index (χ3v) is 3.38. The lowest BCUT2D eigenvalue weighted by molar-refractivity contribution is -0.255. The maximum absolute atomic E-state index is 11.2. The van der Waals surface area contributed by atoms with Crippen molar-refractivity contribution in [2.24, 2.45) is 0 Å². The molecule has 0 radical (unpaired) electrons. The van der Waals surface area contributed by atoms with E-state index in [0.29, 0.717) is 12.3 Å². The molecule has 3 rings (SSSR count). The fourth-order valence-electron chi connectivity index (χ4n) is 2.34. The van der Waals surface area contributed by atoms with Crippen molar-refractivity contribution >= 4 is 5.97 Å². The van der Waals surface area contributed by atoms with Crippen LogP contribution in [0.1, 0.15) is 17.4 Å². The molecule has 2 aromatic carbocycles. The monoisotopic (exact) mass is 307 g/mol. The lowest BCUT2D eigenvalue weighted by Gasteiger charge is -2.09. The highest BCUT2D eigenvalue weighted by atomic mass is 16.5. The summed E-state index contributed by atoms with van der Waals surface area (Å²) in [5.74, 6) is -0.545. The number of rotatable bonds is 5. The van der Waals surface area contributed by atoms with Crippen LogP contribution < -0.4 is 9.84 Å². The number of hydrogen-bond donors (Lipinski definition) is 0. The summed E-state index contributed by atoms with van der Waals surface area (Å²) in [7, 11) is 0. The smallest absolute Gasteiger partial charge is 0.119 e. The van der Waals surface area contributed by atoms with E-state index in [1.807, 2.05) is 61.5 Å². The summed E-state index contributed by atoms with van der Waals surface area (Å²) in [6.45, 7) is 2.51. The average molecular weight is 307 g/mol. The van der Waals surface area contributed by atoms with E-state index in [2.05, 4.69) is 5.10 Å². The quantitative estimate of drug-likeness (QED) is 0.725. The Bertz CT molecular complexity index is 808. The van der Waals surface area contributed by atoms with E-state index in [0.717, 1.165) is 17.0 Å². The van der Waals surface area contributed by atoms with Crippen molar-refractivity contribution in [3.8, 4) is 22.7 Å². The number of aromatic carboxylic acids is 1. The molecule has 23 heavy (non-hydrogen) atoms. The van der Waals surface area contributed by atoms with Gasteiger partial charge in [-0.2, -0.15) is 5.10 Å². The highest BCUT2D eigenvalue weighted by Crippen LogP contribution is 2.25. The summed E-state index contributed by atoms with van der Waals surface area (Å²) in [5, 5.41) is 15.3. The van der Waals surface area contributed by atoms with Crippen LogP contribution in [0.3, 0.4) is 0 Å². The van der Waals surface area contributed by atoms with Gasteiger partial charge in [0.05, 0.1) is 24.0 Å². The van der Waals surface area contributed by atoms with Crippen LogP contribution in [-0.4, -0.2) is 22.4 Å². The summed E-state index contributed by atoms with van der Waals surface area (Å²) >= 11 is 0. The van der Waals surface area contributed by atoms with Crippen LogP contribution in [-0.2, 0) is 0 Å². The molecule has 1 heterocycles. The minimum atomic E-state index is -1.30. The number of carboxylic acids is 1. The Hall–Kier alpha value is -3.08. The van der Waals surface area contributed by atoms with Crippen molar-refractivity contribution in [1.29, 1.82) is 0 Å². The highest BCUT2D eigenvalue weighted by Gasteiger charge is 2.12. The lowest BCUT2D eigenvalue weighted by atomic mass is 10.1. The molecule has 116 valence electrons. The van der Waals surface area contributed by atoms with E-state index >= 15 is 0 Å². The molecule has 0 atom stereocenters. The van der Waals surface area contributed by atoms with Crippen molar-refractivity contribution in [2.75, 3.05) is 6.61 Å². The van der Waals surface area contributed by atoms with Crippen molar-refractivity contribution in [1.82, 2.24) is 9.78 Å². The van der Waals surface area contributed by atoms with Crippen molar-refractivity contribution in [3.63, 3.8) is 0 Å². The zero-order valence-corrected chi connectivity index (χ0v) is 12.6. The molecule has 1 aromatic heterocycles. The minimum absolute atomic E-state index is 0.0993. The van der Waals surface area contributed by atoms with Crippen molar-refractivity contribution in [2.45, 2.75) is 6.92 Å². The maximum Gasteiger partial charge on any atom is 0.119 e. The second-order valence-corrected chi connectivity index (χ2v) is 4.91. The van der Waals surface area contributed by atoms with Crippen LogP contribution in [0.15, 0.2) is 60.7 Å². The van der Waals surface area contributed by atoms with Crippen LogP contribution in [0, 0.1) is 0 Å². The summed E-state index contributed by atoms with van der Waals surface area (Å²) < 4.78 is 7.01. The summed E-state index contributed by atoms with van der Waals surface area (Å²) in [4.78, 5) is 11.2. The lowest BCUT2D eigenvalue weighted by Crippen LogP contribution is -2.22. The van der Waals surface area contributed by atoms with Gasteiger partial charge in [-0.05, 0) is 37.3 Å². The first kappa shape index (κ1) is 14.8. The summed E-state index contributed by atoms with van der Waals surface area (Å²) in [5.41, 5.74) is 2.22. The first-order valence-corrected chi connectivity index (χ1v) is 7.29. The molecule has 0 amide bonds. The molecule has 5 nitrogen and oxygen atoms in total. The second-order valence-electron chi connectivity index (χ2n) is 4.91. The molecular weight excluding hydrogens is 292 g/mol. The standard InChI is InChI=1S/C18H16N2O3/c1-2-23-15-10-8-14(9-11-15)20-17(12-16(19-20)18(21)22)13-6-4-3-5-7-13/h3-12H,2H2,1H3,(H,21,22)/p-1. The highest BCUT2D eigenvalue weighted by molar-refractivity contribution is 5.85. The molecule has 0 N–H and O–H groups in total. The van der Waals surface area contributed by atoms with Gasteiger partial charge in [-0.3, -0.25) is 0 Å². The zero-order chi connectivity index (χ0) is 16.2. The van der Waals surface area contributed by atoms with Gasteiger partial charge in [-0.25, -0.2) is 4.68 Å².